The molecule has 0 spiro atoms. The zero-order valence-electron chi connectivity index (χ0n) is 21.5. The molecule has 4 rings (SSSR count). The normalized spacial score (nSPS) is 47.4. The van der Waals surface area contributed by atoms with Gasteiger partial charge in [0.2, 0.25) is 0 Å². The molecule has 0 aromatic heterocycles. The fourth-order valence-electron chi connectivity index (χ4n) is 9.32. The summed E-state index contributed by atoms with van der Waals surface area (Å²) in [6.07, 6.45) is 13.9. The molecule has 0 unspecified atom stereocenters. The average Bonchev–Trinajstić information content (AvgIpc) is 2.97. The molecule has 0 amide bonds. The highest BCUT2D eigenvalue weighted by atomic mass is 16.3. The molecule has 0 heterocycles. The first-order valence-electron chi connectivity index (χ1n) is 13.5. The zero-order chi connectivity index (χ0) is 22.8. The van der Waals surface area contributed by atoms with Gasteiger partial charge in [-0.15, -0.1) is 0 Å². The molecule has 2 heteroatoms. The van der Waals surface area contributed by atoms with Gasteiger partial charge in [0.15, 0.2) is 0 Å². The largest absolute Gasteiger partial charge is 0.392 e. The van der Waals surface area contributed by atoms with E-state index in [0.29, 0.717) is 17.8 Å². The number of hydrogen-bond donors (Lipinski definition) is 2. The van der Waals surface area contributed by atoms with Gasteiger partial charge in [0.1, 0.15) is 0 Å². The molecule has 178 valence electrons. The Kier molecular flexibility index (Phi) is 6.04. The molecule has 0 bridgehead atoms. The van der Waals surface area contributed by atoms with Crippen molar-refractivity contribution >= 4 is 0 Å². The van der Waals surface area contributed by atoms with Crippen molar-refractivity contribution in [2.24, 2.45) is 45.8 Å². The van der Waals surface area contributed by atoms with E-state index in [-0.39, 0.29) is 22.3 Å². The van der Waals surface area contributed by atoms with Crippen LogP contribution in [0.5, 0.6) is 0 Å². The lowest BCUT2D eigenvalue weighted by Gasteiger charge is -2.62. The van der Waals surface area contributed by atoms with Crippen molar-refractivity contribution in [2.75, 3.05) is 0 Å². The third kappa shape index (κ3) is 3.40. The average molecular weight is 431 g/mol. The van der Waals surface area contributed by atoms with Gasteiger partial charge in [0, 0.05) is 5.41 Å². The van der Waals surface area contributed by atoms with Crippen LogP contribution in [0.15, 0.2) is 11.6 Å². The lowest BCUT2D eigenvalue weighted by Crippen LogP contribution is -2.58. The fraction of sp³-hybridized carbons (Fsp3) is 0.931. The minimum atomic E-state index is -0.494. The first-order chi connectivity index (χ1) is 14.4. The number of hydrogen-bond acceptors (Lipinski definition) is 2. The van der Waals surface area contributed by atoms with Crippen LogP contribution >= 0.6 is 0 Å². The quantitative estimate of drug-likeness (QED) is 0.455. The highest BCUT2D eigenvalue weighted by molar-refractivity contribution is 5.31. The van der Waals surface area contributed by atoms with Crippen molar-refractivity contribution < 1.29 is 10.2 Å². The maximum absolute atomic E-state index is 12.1. The molecule has 0 aliphatic heterocycles. The predicted molar refractivity (Wildman–Crippen MR) is 130 cm³/mol. The first kappa shape index (κ1) is 23.8. The predicted octanol–water partition coefficient (Wildman–Crippen LogP) is 7.14. The van der Waals surface area contributed by atoms with Crippen LogP contribution in [0.4, 0.5) is 0 Å². The molecule has 2 nitrogen and oxygen atoms in total. The second-order valence-corrected chi connectivity index (χ2v) is 13.6. The summed E-state index contributed by atoms with van der Waals surface area (Å²) >= 11 is 0. The standard InChI is InChI=1S/C29H50O2/c1-19(2)9-8-10-20(3)29(31)18-14-23-21-11-12-24-26(4,5)25(30)15-16-27(24,6)22(21)13-17-28(23,29)7/h12,19-23,25,30-31H,8-11,13-18H2,1-7H3/t20-,21-,22+,23+,25-,27-,28+,29-/m1/s1. The van der Waals surface area contributed by atoms with E-state index in [1.54, 1.807) is 5.57 Å². The minimum absolute atomic E-state index is 0.0663. The van der Waals surface area contributed by atoms with E-state index in [0.717, 1.165) is 37.5 Å². The summed E-state index contributed by atoms with van der Waals surface area (Å²) in [5, 5.41) is 22.9. The maximum Gasteiger partial charge on any atom is 0.0729 e. The van der Waals surface area contributed by atoms with E-state index >= 15 is 0 Å². The Morgan fingerprint density at radius 1 is 0.935 bits per heavy atom. The molecule has 3 fully saturated rings. The Balaban J connectivity index is 1.58. The second kappa shape index (κ2) is 7.86. The van der Waals surface area contributed by atoms with E-state index < -0.39 is 5.60 Å². The van der Waals surface area contributed by atoms with E-state index in [2.05, 4.69) is 54.5 Å². The molecule has 31 heavy (non-hydrogen) atoms. The monoisotopic (exact) mass is 430 g/mol. The Morgan fingerprint density at radius 3 is 2.29 bits per heavy atom. The van der Waals surface area contributed by atoms with Crippen LogP contribution in [0.25, 0.3) is 0 Å². The van der Waals surface area contributed by atoms with Gasteiger partial charge >= 0.3 is 0 Å². The van der Waals surface area contributed by atoms with E-state index in [1.165, 1.54) is 38.5 Å². The van der Waals surface area contributed by atoms with Crippen LogP contribution in [-0.4, -0.2) is 21.9 Å². The van der Waals surface area contributed by atoms with Gasteiger partial charge in [0.25, 0.3) is 0 Å². The topological polar surface area (TPSA) is 40.5 Å². The third-order valence-corrected chi connectivity index (χ3v) is 11.4. The first-order valence-corrected chi connectivity index (χ1v) is 13.5. The Bertz CT molecular complexity index is 708. The highest BCUT2D eigenvalue weighted by Crippen LogP contribution is 2.69. The highest BCUT2D eigenvalue weighted by Gasteiger charge is 2.65. The number of allylic oxidation sites excluding steroid dienone is 1. The van der Waals surface area contributed by atoms with Gasteiger partial charge in [-0.05, 0) is 91.8 Å². The van der Waals surface area contributed by atoms with Gasteiger partial charge in [-0.2, -0.15) is 0 Å². The van der Waals surface area contributed by atoms with Crippen molar-refractivity contribution in [1.82, 2.24) is 0 Å². The van der Waals surface area contributed by atoms with Gasteiger partial charge in [-0.25, -0.2) is 0 Å². The molecular formula is C29H50O2. The summed E-state index contributed by atoms with van der Waals surface area (Å²) in [5.74, 6) is 3.22. The fourth-order valence-corrected chi connectivity index (χ4v) is 9.32. The van der Waals surface area contributed by atoms with Crippen LogP contribution in [0.3, 0.4) is 0 Å². The summed E-state index contributed by atoms with van der Waals surface area (Å²) in [7, 11) is 0. The van der Waals surface area contributed by atoms with E-state index in [1.807, 2.05) is 0 Å². The molecule has 0 saturated heterocycles. The van der Waals surface area contributed by atoms with Crippen molar-refractivity contribution in [3.05, 3.63) is 11.6 Å². The summed E-state index contributed by atoms with van der Waals surface area (Å²) in [6.45, 7) is 16.5. The maximum atomic E-state index is 12.1. The molecule has 4 aliphatic carbocycles. The van der Waals surface area contributed by atoms with Crippen LogP contribution in [0.2, 0.25) is 0 Å². The minimum Gasteiger partial charge on any atom is -0.392 e. The number of fused-ring (bicyclic) bond motifs is 5. The summed E-state index contributed by atoms with van der Waals surface area (Å²) in [4.78, 5) is 0. The summed E-state index contributed by atoms with van der Waals surface area (Å²) in [5.41, 5.74) is 1.25. The SMILES string of the molecule is CC(C)CCC[C@@H](C)[C@]1(O)CC[C@H]2[C@@H]3CC=C4C(C)(C)[C@H](O)CC[C@]4(C)[C@H]3CC[C@@]21C. The molecular weight excluding hydrogens is 380 g/mol. The van der Waals surface area contributed by atoms with Crippen LogP contribution in [0.1, 0.15) is 113 Å². The number of rotatable bonds is 5. The van der Waals surface area contributed by atoms with Gasteiger partial charge < -0.3 is 10.2 Å². The van der Waals surface area contributed by atoms with Crippen LogP contribution in [0, 0.1) is 45.8 Å². The number of aliphatic hydroxyl groups excluding tert-OH is 1. The molecule has 0 aromatic rings. The van der Waals surface area contributed by atoms with Gasteiger partial charge in [-0.1, -0.05) is 73.0 Å². The summed E-state index contributed by atoms with van der Waals surface area (Å²) in [6, 6.07) is 0. The van der Waals surface area contributed by atoms with Gasteiger partial charge in [-0.3, -0.25) is 0 Å². The molecule has 4 aliphatic rings. The molecule has 3 saturated carbocycles. The Hall–Kier alpha value is -0.340. The second-order valence-electron chi connectivity index (χ2n) is 13.6. The van der Waals surface area contributed by atoms with Crippen LogP contribution < -0.4 is 0 Å². The molecule has 2 N–H and O–H groups in total. The zero-order valence-corrected chi connectivity index (χ0v) is 21.5. The van der Waals surface area contributed by atoms with Crippen molar-refractivity contribution in [1.29, 1.82) is 0 Å². The smallest absolute Gasteiger partial charge is 0.0729 e. The van der Waals surface area contributed by atoms with Crippen molar-refractivity contribution in [2.45, 2.75) is 124 Å². The van der Waals surface area contributed by atoms with Crippen LogP contribution in [-0.2, 0) is 0 Å². The molecule has 8 atom stereocenters. The lowest BCUT2D eigenvalue weighted by molar-refractivity contribution is -0.153. The number of aliphatic hydroxyl groups is 2. The Morgan fingerprint density at radius 2 is 1.61 bits per heavy atom. The summed E-state index contributed by atoms with van der Waals surface area (Å²) < 4.78 is 0. The Labute approximate surface area is 192 Å². The van der Waals surface area contributed by atoms with E-state index in [4.69, 9.17) is 0 Å². The van der Waals surface area contributed by atoms with Crippen molar-refractivity contribution in [3.63, 3.8) is 0 Å². The van der Waals surface area contributed by atoms with Crippen molar-refractivity contribution in [3.8, 4) is 0 Å². The molecule has 0 aromatic carbocycles. The third-order valence-electron chi connectivity index (χ3n) is 11.4. The van der Waals surface area contributed by atoms with E-state index in [9.17, 15) is 10.2 Å². The molecule has 0 radical (unpaired) electrons. The van der Waals surface area contributed by atoms with Gasteiger partial charge in [0.05, 0.1) is 11.7 Å². The lowest BCUT2D eigenvalue weighted by atomic mass is 9.44.